The summed E-state index contributed by atoms with van der Waals surface area (Å²) in [7, 11) is 3.77. The van der Waals surface area contributed by atoms with Crippen LogP contribution in [0.25, 0.3) is 10.8 Å². The summed E-state index contributed by atoms with van der Waals surface area (Å²) in [6.45, 7) is 0. The average Bonchev–Trinajstić information content (AvgIpc) is 2.04. The first-order valence-electron chi connectivity index (χ1n) is 3.78. The molecule has 0 saturated heterocycles. The minimum absolute atomic E-state index is 0.767. The molecule has 1 radical (unpaired) electrons. The van der Waals surface area contributed by atoms with Crippen molar-refractivity contribution in [1.82, 2.24) is 0 Å². The van der Waals surface area contributed by atoms with E-state index in [9.17, 15) is 0 Å². The van der Waals surface area contributed by atoms with Gasteiger partial charge in [-0.1, -0.05) is 18.2 Å². The van der Waals surface area contributed by atoms with Crippen LogP contribution in [0.4, 0.5) is 5.69 Å². The third-order valence-corrected chi connectivity index (χ3v) is 1.88. The zero-order valence-corrected chi connectivity index (χ0v) is 6.70. The van der Waals surface area contributed by atoms with Gasteiger partial charge < -0.3 is 5.73 Å². The van der Waals surface area contributed by atoms with E-state index in [1.807, 2.05) is 36.7 Å². The van der Waals surface area contributed by atoms with Gasteiger partial charge in [0.05, 0.1) is 0 Å². The van der Waals surface area contributed by atoms with Crippen LogP contribution in [-0.4, -0.2) is 0 Å². The Hall–Kier alpha value is -1.57. The van der Waals surface area contributed by atoms with Crippen molar-refractivity contribution in [3.8, 4) is 0 Å². The molecular weight excluding hydrogens is 148 g/mol. The van der Waals surface area contributed by atoms with Crippen molar-refractivity contribution in [1.29, 1.82) is 0 Å². The number of hydrogen-bond acceptors (Lipinski definition) is 1. The van der Waals surface area contributed by atoms with Crippen LogP contribution in [-0.2, 0) is 0 Å². The lowest BCUT2D eigenvalue weighted by Gasteiger charge is -1.97. The zero-order chi connectivity index (χ0) is 8.55. The van der Waals surface area contributed by atoms with Crippen molar-refractivity contribution in [3.63, 3.8) is 0 Å². The van der Waals surface area contributed by atoms with E-state index in [0.29, 0.717) is 0 Å². The molecule has 1 aromatic heterocycles. The van der Waals surface area contributed by atoms with Crippen LogP contribution in [0.2, 0.25) is 0 Å². The van der Waals surface area contributed by atoms with Crippen LogP contribution >= 0.6 is 0 Å². The molecule has 2 heteroatoms. The molecule has 2 nitrogen and oxygen atoms in total. The van der Waals surface area contributed by atoms with E-state index < -0.39 is 0 Å². The summed E-state index contributed by atoms with van der Waals surface area (Å²) in [5.74, 6) is 0. The fourth-order valence-corrected chi connectivity index (χ4v) is 1.34. The maximum Gasteiger partial charge on any atom is 0.206 e. The number of nitrogens with two attached hydrogens (primary N) is 1. The van der Waals surface area contributed by atoms with Crippen LogP contribution in [0.5, 0.6) is 0 Å². The zero-order valence-electron chi connectivity index (χ0n) is 6.70. The summed E-state index contributed by atoms with van der Waals surface area (Å²) in [5.41, 5.74) is 6.56. The van der Waals surface area contributed by atoms with Crippen molar-refractivity contribution >= 4 is 16.5 Å². The maximum atomic E-state index is 5.80. The molecule has 2 aromatic rings. The van der Waals surface area contributed by atoms with Crippen molar-refractivity contribution in [2.75, 3.05) is 5.73 Å². The lowest BCUT2D eigenvalue weighted by atomic mass is 10.1. The Morgan fingerprint density at radius 1 is 1.17 bits per heavy atom. The normalized spacial score (nSPS) is 10.4. The first-order valence-corrected chi connectivity index (χ1v) is 3.78. The Morgan fingerprint density at radius 2 is 1.92 bits per heavy atom. The van der Waals surface area contributed by atoms with E-state index in [0.717, 1.165) is 16.5 Å². The number of benzene rings is 1. The topological polar surface area (TPSA) is 29.9 Å². The van der Waals surface area contributed by atoms with Crippen LogP contribution in [0.1, 0.15) is 0 Å². The van der Waals surface area contributed by atoms with Crippen molar-refractivity contribution in [2.45, 2.75) is 0 Å². The molecule has 2 N–H and O–H groups in total. The molecule has 0 amide bonds. The molecule has 0 aliphatic heterocycles. The van der Waals surface area contributed by atoms with E-state index in [1.165, 1.54) is 0 Å². The number of nitrogens with zero attached hydrogens (tertiary/aromatic N) is 1. The smallest absolute Gasteiger partial charge is 0.206 e. The Morgan fingerprint density at radius 3 is 2.75 bits per heavy atom. The largest absolute Gasteiger partial charge is 0.393 e. The van der Waals surface area contributed by atoms with Crippen LogP contribution < -0.4 is 10.3 Å². The summed E-state index contributed by atoms with van der Waals surface area (Å²) in [4.78, 5) is 0. The van der Waals surface area contributed by atoms with Crippen molar-refractivity contribution in [2.24, 2.45) is 0 Å². The van der Waals surface area contributed by atoms with E-state index in [1.54, 1.807) is 4.57 Å². The maximum absolute atomic E-state index is 5.80. The fourth-order valence-electron chi connectivity index (χ4n) is 1.34. The van der Waals surface area contributed by atoms with Crippen LogP contribution in [0.15, 0.2) is 36.7 Å². The van der Waals surface area contributed by atoms with Crippen LogP contribution in [0, 0.1) is 7.05 Å². The second kappa shape index (κ2) is 2.48. The second-order valence-corrected chi connectivity index (χ2v) is 2.82. The van der Waals surface area contributed by atoms with E-state index >= 15 is 0 Å². The van der Waals surface area contributed by atoms with Gasteiger partial charge in [-0.05, 0) is 6.07 Å². The highest BCUT2D eigenvalue weighted by Gasteiger charge is 2.02. The lowest BCUT2D eigenvalue weighted by molar-refractivity contribution is -0.610. The number of nitrogen functional groups attached to an aromatic ring is 1. The molecule has 0 saturated carbocycles. The predicted molar refractivity (Wildman–Crippen MR) is 49.3 cm³/mol. The van der Waals surface area contributed by atoms with Gasteiger partial charge in [0.2, 0.25) is 7.05 Å². The Balaban J connectivity index is 2.89. The van der Waals surface area contributed by atoms with Gasteiger partial charge in [0, 0.05) is 10.8 Å². The van der Waals surface area contributed by atoms with E-state index in [4.69, 9.17) is 5.73 Å². The SMILES string of the molecule is [CH2][n+]1cc(N)c2ccccc2c1. The first kappa shape index (κ1) is 7.10. The number of rotatable bonds is 0. The Bertz CT molecular complexity index is 421. The molecule has 12 heavy (non-hydrogen) atoms. The van der Waals surface area contributed by atoms with Crippen molar-refractivity contribution < 1.29 is 4.57 Å². The highest BCUT2D eigenvalue weighted by atomic mass is 14.9. The molecule has 0 fully saturated rings. The Labute approximate surface area is 71.2 Å². The minimum Gasteiger partial charge on any atom is -0.393 e. The minimum atomic E-state index is 0.767. The van der Waals surface area contributed by atoms with Gasteiger partial charge in [-0.15, -0.1) is 0 Å². The third-order valence-electron chi connectivity index (χ3n) is 1.88. The predicted octanol–water partition coefficient (Wildman–Crippen LogP) is 1.35. The Kier molecular flexibility index (Phi) is 1.47. The number of aromatic nitrogens is 1. The monoisotopic (exact) mass is 158 g/mol. The van der Waals surface area contributed by atoms with Gasteiger partial charge in [-0.2, -0.15) is 4.57 Å². The molecule has 0 spiro atoms. The highest BCUT2D eigenvalue weighted by Crippen LogP contribution is 2.16. The summed E-state index contributed by atoms with van der Waals surface area (Å²) in [6, 6.07) is 7.99. The molecule has 1 aromatic carbocycles. The molecule has 2 rings (SSSR count). The summed E-state index contributed by atoms with van der Waals surface area (Å²) >= 11 is 0. The molecule has 0 aliphatic carbocycles. The fraction of sp³-hybridized carbons (Fsp3) is 0. The standard InChI is InChI=1S/C10H10N2/c1-12-6-8-4-2-3-5-9(8)10(11)7-12/h2-7H,1,11H2/q+1. The highest BCUT2D eigenvalue weighted by molar-refractivity contribution is 5.90. The van der Waals surface area contributed by atoms with Gasteiger partial charge in [0.25, 0.3) is 0 Å². The molecule has 59 valence electrons. The average molecular weight is 158 g/mol. The molecule has 0 bridgehead atoms. The van der Waals surface area contributed by atoms with E-state index in [-0.39, 0.29) is 0 Å². The second-order valence-electron chi connectivity index (χ2n) is 2.82. The van der Waals surface area contributed by atoms with Gasteiger partial charge in [0.15, 0.2) is 12.4 Å². The quantitative estimate of drug-likeness (QED) is 0.576. The number of hydrogen-bond donors (Lipinski definition) is 1. The van der Waals surface area contributed by atoms with Gasteiger partial charge in [-0.25, -0.2) is 0 Å². The molecule has 0 aliphatic rings. The third kappa shape index (κ3) is 1.01. The molecule has 0 atom stereocenters. The number of fused-ring (bicyclic) bond motifs is 1. The van der Waals surface area contributed by atoms with Gasteiger partial charge >= 0.3 is 0 Å². The summed E-state index contributed by atoms with van der Waals surface area (Å²) in [6.07, 6.45) is 3.76. The molecule has 1 heterocycles. The number of pyridine rings is 1. The summed E-state index contributed by atoms with van der Waals surface area (Å²) < 4.78 is 1.72. The van der Waals surface area contributed by atoms with Gasteiger partial charge in [0.1, 0.15) is 5.69 Å². The lowest BCUT2D eigenvalue weighted by Crippen LogP contribution is -2.24. The van der Waals surface area contributed by atoms with Crippen LogP contribution in [0.3, 0.4) is 0 Å². The number of anilines is 1. The molecular formula is C10H10N2+. The molecule has 0 unspecified atom stereocenters. The van der Waals surface area contributed by atoms with E-state index in [2.05, 4.69) is 7.05 Å². The first-order chi connectivity index (χ1) is 5.77. The summed E-state index contributed by atoms with van der Waals surface area (Å²) in [5, 5.41) is 2.20. The van der Waals surface area contributed by atoms with Crippen molar-refractivity contribution in [3.05, 3.63) is 43.7 Å². The van der Waals surface area contributed by atoms with Gasteiger partial charge in [-0.3, -0.25) is 0 Å².